The van der Waals surface area contributed by atoms with E-state index in [0.717, 1.165) is 29.5 Å². The minimum absolute atomic E-state index is 0.121. The van der Waals surface area contributed by atoms with Gasteiger partial charge in [0.1, 0.15) is 0 Å². The zero-order valence-electron chi connectivity index (χ0n) is 23.2. The van der Waals surface area contributed by atoms with Crippen LogP contribution in [0.2, 0.25) is 0 Å². The van der Waals surface area contributed by atoms with Gasteiger partial charge in [-0.15, -0.1) is 0 Å². The summed E-state index contributed by atoms with van der Waals surface area (Å²) >= 11 is 0. The highest BCUT2D eigenvalue weighted by Crippen LogP contribution is 2.57. The summed E-state index contributed by atoms with van der Waals surface area (Å²) in [5.41, 5.74) is 2.59. The van der Waals surface area contributed by atoms with E-state index in [-0.39, 0.29) is 37.3 Å². The zero-order chi connectivity index (χ0) is 28.0. The SMILES string of the molecule is CCC[C@@H]1O[C@H](O[C@H]2c3cc4c(cc3[C@@H](c3cc(OC)c(OC)c(OC)c3)[C@H]3C(=O)OC[C@@H]32)OCO4)CC[C@H]1O. The maximum Gasteiger partial charge on any atom is 0.310 e. The molecule has 0 unspecified atom stereocenters. The first-order chi connectivity index (χ1) is 19.5. The van der Waals surface area contributed by atoms with Gasteiger partial charge in [-0.05, 0) is 53.8 Å². The van der Waals surface area contributed by atoms with Gasteiger partial charge in [0.05, 0.1) is 52.2 Å². The molecule has 10 heteroatoms. The third-order valence-corrected chi connectivity index (χ3v) is 8.49. The highest BCUT2D eigenvalue weighted by Gasteiger charge is 2.54. The number of fused-ring (bicyclic) bond motifs is 3. The molecular weight excluding hydrogens is 520 g/mol. The number of hydrogen-bond acceptors (Lipinski definition) is 10. The van der Waals surface area contributed by atoms with E-state index in [1.807, 2.05) is 24.3 Å². The Morgan fingerprint density at radius 3 is 2.27 bits per heavy atom. The van der Waals surface area contributed by atoms with E-state index in [1.54, 1.807) is 21.3 Å². The van der Waals surface area contributed by atoms with Gasteiger partial charge in [0.15, 0.2) is 29.3 Å². The third-order valence-electron chi connectivity index (χ3n) is 8.49. The van der Waals surface area contributed by atoms with Crippen molar-refractivity contribution in [2.45, 2.75) is 63.1 Å². The Bertz CT molecular complexity index is 1240. The van der Waals surface area contributed by atoms with Crippen LogP contribution >= 0.6 is 0 Å². The van der Waals surface area contributed by atoms with Crippen LogP contribution in [-0.4, -0.2) is 64.3 Å². The number of cyclic esters (lactones) is 1. The van der Waals surface area contributed by atoms with Crippen LogP contribution in [0.4, 0.5) is 0 Å². The average Bonchev–Trinajstić information content (AvgIpc) is 3.59. The Kier molecular flexibility index (Phi) is 7.41. The van der Waals surface area contributed by atoms with Gasteiger partial charge in [0, 0.05) is 18.3 Å². The molecule has 2 saturated heterocycles. The van der Waals surface area contributed by atoms with Crippen molar-refractivity contribution >= 4 is 5.97 Å². The molecule has 0 amide bonds. The molecule has 0 spiro atoms. The van der Waals surface area contributed by atoms with E-state index in [1.165, 1.54) is 0 Å². The van der Waals surface area contributed by atoms with Crippen molar-refractivity contribution in [2.75, 3.05) is 34.7 Å². The van der Waals surface area contributed by atoms with Gasteiger partial charge < -0.3 is 43.0 Å². The Hall–Kier alpha value is -3.21. The number of methoxy groups -OCH3 is 3. The zero-order valence-corrected chi connectivity index (χ0v) is 23.2. The molecule has 10 nitrogen and oxygen atoms in total. The Morgan fingerprint density at radius 2 is 1.62 bits per heavy atom. The fourth-order valence-corrected chi connectivity index (χ4v) is 6.62. The van der Waals surface area contributed by atoms with Crippen molar-refractivity contribution in [2.24, 2.45) is 11.8 Å². The van der Waals surface area contributed by atoms with Crippen LogP contribution < -0.4 is 23.7 Å². The molecule has 0 saturated carbocycles. The summed E-state index contributed by atoms with van der Waals surface area (Å²) in [6, 6.07) is 7.65. The molecule has 1 aliphatic carbocycles. The van der Waals surface area contributed by atoms with Crippen molar-refractivity contribution in [1.29, 1.82) is 0 Å². The number of rotatable bonds is 8. The lowest BCUT2D eigenvalue weighted by molar-refractivity contribution is -0.250. The van der Waals surface area contributed by atoms with Gasteiger partial charge in [0.2, 0.25) is 12.5 Å². The molecule has 216 valence electrons. The quantitative estimate of drug-likeness (QED) is 0.477. The van der Waals surface area contributed by atoms with E-state index < -0.39 is 24.4 Å². The highest BCUT2D eigenvalue weighted by atomic mass is 16.7. The maximum atomic E-state index is 13.4. The van der Waals surface area contributed by atoms with Crippen LogP contribution in [0.5, 0.6) is 28.7 Å². The number of ether oxygens (including phenoxy) is 8. The normalized spacial score (nSPS) is 30.3. The lowest BCUT2D eigenvalue weighted by Crippen LogP contribution is -2.43. The summed E-state index contributed by atoms with van der Waals surface area (Å²) < 4.78 is 46.9. The number of aliphatic hydroxyl groups is 1. The smallest absolute Gasteiger partial charge is 0.310 e. The molecule has 3 heterocycles. The second-order valence-electron chi connectivity index (χ2n) is 10.7. The lowest BCUT2D eigenvalue weighted by Gasteiger charge is -2.42. The van der Waals surface area contributed by atoms with Crippen LogP contribution in [0.3, 0.4) is 0 Å². The number of benzene rings is 2. The molecule has 4 aliphatic rings. The molecule has 7 atom stereocenters. The summed E-state index contributed by atoms with van der Waals surface area (Å²) in [6.07, 6.45) is 0.993. The molecule has 3 aliphatic heterocycles. The Morgan fingerprint density at radius 1 is 0.925 bits per heavy atom. The Labute approximate surface area is 233 Å². The second-order valence-corrected chi connectivity index (χ2v) is 10.7. The number of carbonyl (C=O) groups is 1. The monoisotopic (exact) mass is 556 g/mol. The third kappa shape index (κ3) is 4.52. The highest BCUT2D eigenvalue weighted by molar-refractivity contribution is 5.79. The molecule has 6 rings (SSSR count). The molecule has 2 fully saturated rings. The van der Waals surface area contributed by atoms with Gasteiger partial charge >= 0.3 is 5.97 Å². The largest absolute Gasteiger partial charge is 0.493 e. The van der Waals surface area contributed by atoms with Crippen LogP contribution in [0.1, 0.15) is 61.3 Å². The molecule has 0 bridgehead atoms. The maximum absolute atomic E-state index is 13.4. The first-order valence-corrected chi connectivity index (χ1v) is 13.9. The van der Waals surface area contributed by atoms with Crippen molar-refractivity contribution in [1.82, 2.24) is 0 Å². The van der Waals surface area contributed by atoms with Gasteiger partial charge in [-0.25, -0.2) is 0 Å². The van der Waals surface area contributed by atoms with E-state index in [0.29, 0.717) is 41.6 Å². The van der Waals surface area contributed by atoms with E-state index in [9.17, 15) is 9.90 Å². The molecule has 2 aromatic carbocycles. The van der Waals surface area contributed by atoms with Crippen LogP contribution in [-0.2, 0) is 19.0 Å². The van der Waals surface area contributed by atoms with Crippen molar-refractivity contribution in [3.63, 3.8) is 0 Å². The summed E-state index contributed by atoms with van der Waals surface area (Å²) in [4.78, 5) is 13.4. The molecule has 0 radical (unpaired) electrons. The van der Waals surface area contributed by atoms with Gasteiger partial charge in [-0.3, -0.25) is 4.79 Å². The minimum Gasteiger partial charge on any atom is -0.493 e. The number of esters is 1. The average molecular weight is 557 g/mol. The van der Waals surface area contributed by atoms with Gasteiger partial charge in [-0.1, -0.05) is 13.3 Å². The predicted octanol–water partition coefficient (Wildman–Crippen LogP) is 4.10. The number of hydrogen-bond donors (Lipinski definition) is 1. The van der Waals surface area contributed by atoms with Crippen molar-refractivity contribution in [3.05, 3.63) is 41.0 Å². The van der Waals surface area contributed by atoms with Crippen LogP contribution in [0.25, 0.3) is 0 Å². The fraction of sp³-hybridized carbons (Fsp3) is 0.567. The second kappa shape index (κ2) is 11.0. The van der Waals surface area contributed by atoms with E-state index in [2.05, 4.69) is 6.92 Å². The Balaban J connectivity index is 1.45. The molecular formula is C30H36O10. The first-order valence-electron chi connectivity index (χ1n) is 13.9. The summed E-state index contributed by atoms with van der Waals surface area (Å²) in [5.74, 6) is 1.23. The first kappa shape index (κ1) is 27.0. The van der Waals surface area contributed by atoms with Crippen LogP contribution in [0, 0.1) is 11.8 Å². The van der Waals surface area contributed by atoms with Crippen LogP contribution in [0.15, 0.2) is 24.3 Å². The molecule has 2 aromatic rings. The van der Waals surface area contributed by atoms with Crippen molar-refractivity contribution in [3.8, 4) is 28.7 Å². The standard InChI is InChI=1S/C30H36O10/c1-5-6-20-19(31)7-8-25(39-20)40-28-17-12-22-21(37-14-38-22)11-16(17)26(27-18(28)13-36-30(27)32)15-9-23(33-2)29(35-4)24(10-15)34-3/h9-12,18-20,25-28,31H,5-8,13-14H2,1-4H3/t18-,19+,20-,25+,26+,27-,28-/m0/s1. The van der Waals surface area contributed by atoms with Crippen molar-refractivity contribution < 1.29 is 47.8 Å². The molecule has 1 N–H and O–H groups in total. The molecule has 40 heavy (non-hydrogen) atoms. The number of carbonyl (C=O) groups excluding carboxylic acids is 1. The lowest BCUT2D eigenvalue weighted by atomic mass is 9.66. The molecule has 0 aromatic heterocycles. The summed E-state index contributed by atoms with van der Waals surface area (Å²) in [7, 11) is 4.69. The summed E-state index contributed by atoms with van der Waals surface area (Å²) in [6.45, 7) is 2.41. The van der Waals surface area contributed by atoms with E-state index in [4.69, 9.17) is 37.9 Å². The summed E-state index contributed by atoms with van der Waals surface area (Å²) in [5, 5.41) is 10.5. The van der Waals surface area contributed by atoms with E-state index >= 15 is 0 Å². The number of aliphatic hydroxyl groups excluding tert-OH is 1. The predicted molar refractivity (Wildman–Crippen MR) is 141 cm³/mol. The topological polar surface area (TPSA) is 111 Å². The minimum atomic E-state index is -0.527. The van der Waals surface area contributed by atoms with Gasteiger partial charge in [-0.2, -0.15) is 0 Å². The van der Waals surface area contributed by atoms with Gasteiger partial charge in [0.25, 0.3) is 0 Å². The fourth-order valence-electron chi connectivity index (χ4n) is 6.62.